The highest BCUT2D eigenvalue weighted by Crippen LogP contribution is 2.24. The first-order valence-corrected chi connectivity index (χ1v) is 15.7. The predicted octanol–water partition coefficient (Wildman–Crippen LogP) is 1.91. The number of fused-ring (bicyclic) bond motifs is 3. The minimum Gasteiger partial charge on any atom is -0.493 e. The molecule has 1 aliphatic heterocycles. The first-order valence-electron chi connectivity index (χ1n) is 15.4. The van der Waals surface area contributed by atoms with Crippen molar-refractivity contribution in [1.82, 2.24) is 36.3 Å². The van der Waals surface area contributed by atoms with Crippen molar-refractivity contribution < 1.29 is 29.0 Å². The minimum atomic E-state index is -1.41. The summed E-state index contributed by atoms with van der Waals surface area (Å²) in [6.45, 7) is 4.06. The van der Waals surface area contributed by atoms with Gasteiger partial charge in [0.2, 0.25) is 17.7 Å². The van der Waals surface area contributed by atoms with Gasteiger partial charge >= 0.3 is 0 Å². The molecule has 2 heterocycles. The normalized spacial score (nSPS) is 20.9. The molecule has 1 aliphatic rings. The number of amides is 4. The number of carbonyl (C=O) groups is 4. The number of hydrogen-bond donors (Lipinski definition) is 5. The van der Waals surface area contributed by atoms with E-state index in [9.17, 15) is 24.3 Å². The molecule has 46 heavy (non-hydrogen) atoms. The highest BCUT2D eigenvalue weighted by molar-refractivity contribution is 6.30. The number of benzene rings is 2. The summed E-state index contributed by atoms with van der Waals surface area (Å²) in [4.78, 5) is 53.9. The molecular weight excluding hydrogens is 614 g/mol. The summed E-state index contributed by atoms with van der Waals surface area (Å²) in [6, 6.07) is 10.3. The van der Waals surface area contributed by atoms with E-state index in [0.717, 1.165) is 12.0 Å². The summed E-state index contributed by atoms with van der Waals surface area (Å²) in [5, 5.41) is 30.0. The van der Waals surface area contributed by atoms with E-state index in [0.29, 0.717) is 30.1 Å². The Hall–Kier alpha value is -4.49. The average Bonchev–Trinajstić information content (AvgIpc) is 3.49. The molecule has 0 aliphatic carbocycles. The number of halogens is 1. The van der Waals surface area contributed by atoms with Gasteiger partial charge in [0.1, 0.15) is 29.6 Å². The number of nitrogens with zero attached hydrogens (tertiary/aromatic N) is 3. The number of ether oxygens (including phenoxy) is 1. The van der Waals surface area contributed by atoms with Gasteiger partial charge in [-0.1, -0.05) is 66.9 Å². The topological polar surface area (TPSA) is 177 Å². The number of unbranched alkanes of at least 4 members (excludes halogenated alkanes) is 1. The molecule has 0 spiro atoms. The fourth-order valence-electron chi connectivity index (χ4n) is 4.93. The Morgan fingerprint density at radius 1 is 1.02 bits per heavy atom. The van der Waals surface area contributed by atoms with Gasteiger partial charge < -0.3 is 31.1 Å². The molecule has 4 rings (SSSR count). The Morgan fingerprint density at radius 3 is 2.54 bits per heavy atom. The molecule has 3 aromatic rings. The maximum Gasteiger partial charge on any atom is 0.255 e. The van der Waals surface area contributed by atoms with Gasteiger partial charge in [0.25, 0.3) is 5.91 Å². The molecule has 4 amide bonds. The lowest BCUT2D eigenvalue weighted by Crippen LogP contribution is -2.60. The van der Waals surface area contributed by atoms with Crippen LogP contribution in [0.15, 0.2) is 54.7 Å². The SMILES string of the molecule is CCCC[C@@H]1NC(=O)c2ccc(Cl)cc2OCCCn2cc(nn2)CNC(=O)[C@H](Cc2ccccc2)NC(=O)[C@H]([C@@H](C)O)NC1=O. The van der Waals surface area contributed by atoms with Crippen molar-refractivity contribution in [2.75, 3.05) is 6.61 Å². The Kier molecular flexibility index (Phi) is 12.5. The van der Waals surface area contributed by atoms with E-state index in [1.165, 1.54) is 19.1 Å². The van der Waals surface area contributed by atoms with Crippen molar-refractivity contribution in [2.45, 2.75) is 83.3 Å². The highest BCUT2D eigenvalue weighted by atomic mass is 35.5. The zero-order valence-electron chi connectivity index (χ0n) is 25.9. The number of aryl methyl sites for hydroxylation is 1. The lowest BCUT2D eigenvalue weighted by atomic mass is 10.0. The van der Waals surface area contributed by atoms with Crippen LogP contribution in [0.3, 0.4) is 0 Å². The molecular formula is C32H40ClN7O6. The summed E-state index contributed by atoms with van der Waals surface area (Å²) >= 11 is 6.20. The fraction of sp³-hybridized carbons (Fsp3) is 0.438. The van der Waals surface area contributed by atoms with Gasteiger partial charge in [-0.25, -0.2) is 0 Å². The smallest absolute Gasteiger partial charge is 0.255 e. The number of nitrogens with one attached hydrogen (secondary N) is 4. The van der Waals surface area contributed by atoms with Crippen molar-refractivity contribution >= 4 is 35.2 Å². The summed E-state index contributed by atoms with van der Waals surface area (Å²) < 4.78 is 7.53. The van der Waals surface area contributed by atoms with Gasteiger partial charge in [-0.2, -0.15) is 0 Å². The fourth-order valence-corrected chi connectivity index (χ4v) is 5.10. The molecule has 1 aromatic heterocycles. The highest BCUT2D eigenvalue weighted by Gasteiger charge is 2.33. The number of aliphatic hydroxyl groups excluding tert-OH is 1. The lowest BCUT2D eigenvalue weighted by molar-refractivity contribution is -0.134. The van der Waals surface area contributed by atoms with E-state index in [4.69, 9.17) is 16.3 Å². The van der Waals surface area contributed by atoms with Crippen LogP contribution >= 0.6 is 11.6 Å². The molecule has 13 nitrogen and oxygen atoms in total. The minimum absolute atomic E-state index is 0.0613. The molecule has 2 aromatic carbocycles. The standard InChI is InChI=1S/C32H40ClN7O6/c1-3-4-11-25-31(44)37-28(20(2)41)32(45)36-26(16-21-9-6-5-7-10-21)30(43)34-18-23-19-40(39-38-23)14-8-15-46-27-17-22(33)12-13-24(27)29(42)35-25/h5-7,9-10,12-13,17,19-20,25-26,28,41H,3-4,8,11,14-16,18H2,1-2H3,(H,34,43)(H,35,42)(H,36,45)(H,37,44)/t20-,25+,26+,28+/m1/s1. The van der Waals surface area contributed by atoms with E-state index in [-0.39, 0.29) is 37.3 Å². The lowest BCUT2D eigenvalue weighted by Gasteiger charge is -2.27. The monoisotopic (exact) mass is 653 g/mol. The van der Waals surface area contributed by atoms with Crippen LogP contribution in [0.5, 0.6) is 5.75 Å². The van der Waals surface area contributed by atoms with Crippen molar-refractivity contribution in [2.24, 2.45) is 0 Å². The van der Waals surface area contributed by atoms with Gasteiger partial charge in [-0.15, -0.1) is 5.10 Å². The van der Waals surface area contributed by atoms with Gasteiger partial charge in [0.05, 0.1) is 31.0 Å². The second-order valence-electron chi connectivity index (χ2n) is 11.2. The first kappa shape index (κ1) is 34.4. The van der Waals surface area contributed by atoms with Crippen LogP contribution < -0.4 is 26.0 Å². The maximum absolute atomic E-state index is 13.5. The molecule has 246 valence electrons. The predicted molar refractivity (Wildman–Crippen MR) is 170 cm³/mol. The van der Waals surface area contributed by atoms with E-state index < -0.39 is 47.9 Å². The zero-order chi connectivity index (χ0) is 33.1. The maximum atomic E-state index is 13.5. The van der Waals surface area contributed by atoms with Crippen LogP contribution in [0.1, 0.15) is 61.1 Å². The van der Waals surface area contributed by atoms with Crippen molar-refractivity contribution in [3.8, 4) is 5.75 Å². The van der Waals surface area contributed by atoms with E-state index in [2.05, 4.69) is 31.6 Å². The number of carbonyl (C=O) groups excluding carboxylic acids is 4. The molecule has 0 radical (unpaired) electrons. The van der Waals surface area contributed by atoms with Crippen LogP contribution in [0.25, 0.3) is 0 Å². The Bertz CT molecular complexity index is 1500. The molecule has 2 bridgehead atoms. The van der Waals surface area contributed by atoms with Gasteiger partial charge in [-0.05, 0) is 37.1 Å². The number of hydrogen-bond acceptors (Lipinski definition) is 8. The van der Waals surface area contributed by atoms with Gasteiger partial charge in [-0.3, -0.25) is 23.9 Å². The van der Waals surface area contributed by atoms with Crippen molar-refractivity contribution in [1.29, 1.82) is 0 Å². The second-order valence-corrected chi connectivity index (χ2v) is 11.6. The molecule has 0 saturated carbocycles. The summed E-state index contributed by atoms with van der Waals surface area (Å²) in [7, 11) is 0. The molecule has 0 unspecified atom stereocenters. The van der Waals surface area contributed by atoms with Crippen molar-refractivity contribution in [3.63, 3.8) is 0 Å². The largest absolute Gasteiger partial charge is 0.493 e. The summed E-state index contributed by atoms with van der Waals surface area (Å²) in [5.41, 5.74) is 1.49. The van der Waals surface area contributed by atoms with Crippen LogP contribution in [-0.2, 0) is 33.9 Å². The average molecular weight is 654 g/mol. The number of rotatable bonds is 6. The van der Waals surface area contributed by atoms with Crippen LogP contribution in [-0.4, -0.2) is 74.6 Å². The van der Waals surface area contributed by atoms with Crippen molar-refractivity contribution in [3.05, 3.63) is 76.6 Å². The molecule has 0 fully saturated rings. The third-order valence-corrected chi connectivity index (χ3v) is 7.69. The summed E-state index contributed by atoms with van der Waals surface area (Å²) in [6.07, 6.45) is 2.70. The molecule has 0 saturated heterocycles. The third-order valence-electron chi connectivity index (χ3n) is 7.45. The Labute approximate surface area is 272 Å². The molecule has 14 heteroatoms. The van der Waals surface area contributed by atoms with Crippen LogP contribution in [0, 0.1) is 0 Å². The Morgan fingerprint density at radius 2 is 1.80 bits per heavy atom. The quantitative estimate of drug-likeness (QED) is 0.268. The number of aliphatic hydroxyl groups is 1. The van der Waals surface area contributed by atoms with E-state index in [1.807, 2.05) is 37.3 Å². The molecule has 5 N–H and O–H groups in total. The first-order chi connectivity index (χ1) is 22.1. The summed E-state index contributed by atoms with van der Waals surface area (Å²) in [5.74, 6) is -2.21. The van der Waals surface area contributed by atoms with Gasteiger partial charge in [0, 0.05) is 24.4 Å². The Balaban J connectivity index is 1.64. The zero-order valence-corrected chi connectivity index (χ0v) is 26.6. The molecule has 4 atom stereocenters. The number of aromatic nitrogens is 3. The third kappa shape index (κ3) is 9.75. The second kappa shape index (κ2) is 16.7. The van der Waals surface area contributed by atoms with Crippen LogP contribution in [0.4, 0.5) is 0 Å². The van der Waals surface area contributed by atoms with E-state index in [1.54, 1.807) is 16.9 Å². The van der Waals surface area contributed by atoms with Crippen LogP contribution in [0.2, 0.25) is 5.02 Å². The van der Waals surface area contributed by atoms with Gasteiger partial charge in [0.15, 0.2) is 0 Å². The van der Waals surface area contributed by atoms with E-state index >= 15 is 0 Å².